The molecule has 2 heterocycles. The number of nitrogen functional groups attached to an aromatic ring is 1. The van der Waals surface area contributed by atoms with E-state index in [-0.39, 0.29) is 21.4 Å². The van der Waals surface area contributed by atoms with Gasteiger partial charge in [0.15, 0.2) is 0 Å². The highest BCUT2D eigenvalue weighted by molar-refractivity contribution is 7.21. The van der Waals surface area contributed by atoms with Crippen molar-refractivity contribution in [1.82, 2.24) is 10.3 Å². The predicted molar refractivity (Wildman–Crippen MR) is 76.4 cm³/mol. The largest absolute Gasteiger partial charge is 0.433 e. The monoisotopic (exact) mass is 317 g/mol. The molecule has 0 saturated heterocycles. The number of hydrogen-bond donors (Lipinski definition) is 2. The van der Waals surface area contributed by atoms with E-state index in [1.165, 1.54) is 6.92 Å². The Bertz CT molecular complexity index is 707. The average Bonchev–Trinajstić information content (AvgIpc) is 2.65. The molecular weight excluding hydrogens is 303 g/mol. The van der Waals surface area contributed by atoms with Crippen molar-refractivity contribution in [3.05, 3.63) is 22.2 Å². The van der Waals surface area contributed by atoms with Crippen LogP contribution in [-0.2, 0) is 6.18 Å². The number of anilines is 1. The van der Waals surface area contributed by atoms with E-state index in [4.69, 9.17) is 5.73 Å². The maximum Gasteiger partial charge on any atom is 0.433 e. The Balaban J connectivity index is 2.60. The predicted octanol–water partition coefficient (Wildman–Crippen LogP) is 3.34. The molecule has 21 heavy (non-hydrogen) atoms. The number of alkyl halides is 3. The number of thiophene rings is 1. The highest BCUT2D eigenvalue weighted by Crippen LogP contribution is 2.38. The second-order valence-corrected chi connectivity index (χ2v) is 5.97. The van der Waals surface area contributed by atoms with Crippen LogP contribution in [0, 0.1) is 6.92 Å². The summed E-state index contributed by atoms with van der Waals surface area (Å²) in [6, 6.07) is 0.845. The third-order valence-electron chi connectivity index (χ3n) is 2.81. The Morgan fingerprint density at radius 1 is 1.43 bits per heavy atom. The van der Waals surface area contributed by atoms with Gasteiger partial charge in [-0.15, -0.1) is 11.3 Å². The number of nitrogens with zero attached hydrogens (tertiary/aromatic N) is 1. The number of pyridine rings is 1. The number of rotatable bonds is 2. The minimum Gasteiger partial charge on any atom is -0.397 e. The molecule has 0 aromatic carbocycles. The van der Waals surface area contributed by atoms with Gasteiger partial charge in [0.25, 0.3) is 5.91 Å². The number of amides is 1. The third kappa shape index (κ3) is 2.94. The lowest BCUT2D eigenvalue weighted by Crippen LogP contribution is -2.29. The fraction of sp³-hybridized carbons (Fsp3) is 0.385. The number of aryl methyl sites for hydroxylation is 1. The van der Waals surface area contributed by atoms with Crippen molar-refractivity contribution >= 4 is 33.1 Å². The van der Waals surface area contributed by atoms with E-state index in [9.17, 15) is 18.0 Å². The zero-order chi connectivity index (χ0) is 15.9. The lowest BCUT2D eigenvalue weighted by Gasteiger charge is -2.07. The standard InChI is InChI=1S/C13H14F3N3OS/c1-5(2)18-11(20)10-9(17)8-6(3)4-7(13(14,15)16)19-12(8)21-10/h4-5H,17H2,1-3H3,(H,18,20). The molecule has 1 amide bonds. The molecule has 0 aliphatic rings. The van der Waals surface area contributed by atoms with Crippen LogP contribution in [0.4, 0.5) is 18.9 Å². The number of fused-ring (bicyclic) bond motifs is 1. The van der Waals surface area contributed by atoms with Gasteiger partial charge in [-0.05, 0) is 32.4 Å². The molecule has 2 aromatic heterocycles. The van der Waals surface area contributed by atoms with Crippen LogP contribution >= 0.6 is 11.3 Å². The molecule has 0 bridgehead atoms. The smallest absolute Gasteiger partial charge is 0.397 e. The lowest BCUT2D eigenvalue weighted by atomic mass is 10.1. The van der Waals surface area contributed by atoms with E-state index in [2.05, 4.69) is 10.3 Å². The SMILES string of the molecule is Cc1cc(C(F)(F)F)nc2sc(C(=O)NC(C)C)c(N)c12. The molecule has 0 radical (unpaired) electrons. The van der Waals surface area contributed by atoms with Crippen LogP contribution in [0.1, 0.15) is 34.8 Å². The summed E-state index contributed by atoms with van der Waals surface area (Å²) in [5.74, 6) is -0.404. The molecule has 0 aliphatic carbocycles. The summed E-state index contributed by atoms with van der Waals surface area (Å²) in [4.78, 5) is 15.9. The molecule has 0 aliphatic heterocycles. The number of hydrogen-bond acceptors (Lipinski definition) is 4. The summed E-state index contributed by atoms with van der Waals surface area (Å²) in [7, 11) is 0. The van der Waals surface area contributed by atoms with E-state index in [1.807, 2.05) is 0 Å². The average molecular weight is 317 g/mol. The molecule has 4 nitrogen and oxygen atoms in total. The van der Waals surface area contributed by atoms with Crippen LogP contribution in [0.2, 0.25) is 0 Å². The number of aromatic nitrogens is 1. The van der Waals surface area contributed by atoms with E-state index >= 15 is 0 Å². The van der Waals surface area contributed by atoms with Gasteiger partial charge in [-0.2, -0.15) is 13.2 Å². The van der Waals surface area contributed by atoms with Gasteiger partial charge >= 0.3 is 6.18 Å². The number of nitrogens with two attached hydrogens (primary N) is 1. The first-order valence-corrected chi connectivity index (χ1v) is 7.00. The Kier molecular flexibility index (Phi) is 3.83. The number of carbonyl (C=O) groups is 1. The first-order valence-electron chi connectivity index (χ1n) is 6.19. The topological polar surface area (TPSA) is 68.0 Å². The van der Waals surface area contributed by atoms with E-state index in [0.717, 1.165) is 17.4 Å². The van der Waals surface area contributed by atoms with Crippen molar-refractivity contribution in [2.45, 2.75) is 33.0 Å². The molecule has 0 unspecified atom stereocenters. The first-order chi connectivity index (χ1) is 9.61. The van der Waals surface area contributed by atoms with Gasteiger partial charge in [0.1, 0.15) is 15.4 Å². The molecule has 0 atom stereocenters. The van der Waals surface area contributed by atoms with E-state index < -0.39 is 17.8 Å². The quantitative estimate of drug-likeness (QED) is 0.892. The molecule has 2 aromatic rings. The van der Waals surface area contributed by atoms with Crippen molar-refractivity contribution in [3.63, 3.8) is 0 Å². The highest BCUT2D eigenvalue weighted by atomic mass is 32.1. The van der Waals surface area contributed by atoms with Crippen LogP contribution < -0.4 is 11.1 Å². The molecule has 8 heteroatoms. The lowest BCUT2D eigenvalue weighted by molar-refractivity contribution is -0.141. The van der Waals surface area contributed by atoms with Gasteiger partial charge in [-0.1, -0.05) is 0 Å². The summed E-state index contributed by atoms with van der Waals surface area (Å²) < 4.78 is 38.3. The molecule has 114 valence electrons. The molecule has 3 N–H and O–H groups in total. The Morgan fingerprint density at radius 3 is 2.57 bits per heavy atom. The number of nitrogens with one attached hydrogen (secondary N) is 1. The third-order valence-corrected chi connectivity index (χ3v) is 3.91. The fourth-order valence-electron chi connectivity index (χ4n) is 1.95. The first kappa shape index (κ1) is 15.6. The van der Waals surface area contributed by atoms with Crippen molar-refractivity contribution in [3.8, 4) is 0 Å². The van der Waals surface area contributed by atoms with Gasteiger partial charge in [0.05, 0.1) is 5.69 Å². The normalized spacial score (nSPS) is 12.1. The van der Waals surface area contributed by atoms with E-state index in [1.54, 1.807) is 13.8 Å². The zero-order valence-corrected chi connectivity index (χ0v) is 12.4. The summed E-state index contributed by atoms with van der Waals surface area (Å²) in [5, 5.41) is 3.07. The molecule has 0 spiro atoms. The summed E-state index contributed by atoms with van der Waals surface area (Å²) in [6.07, 6.45) is -4.53. The summed E-state index contributed by atoms with van der Waals surface area (Å²) in [5.41, 5.74) is 5.45. The van der Waals surface area contributed by atoms with Gasteiger partial charge in [0.2, 0.25) is 0 Å². The Hall–Kier alpha value is -1.83. The van der Waals surface area contributed by atoms with E-state index in [0.29, 0.717) is 10.9 Å². The second-order valence-electron chi connectivity index (χ2n) is 4.98. The maximum atomic E-state index is 12.8. The molecule has 0 saturated carbocycles. The van der Waals surface area contributed by atoms with Crippen LogP contribution in [0.25, 0.3) is 10.2 Å². The van der Waals surface area contributed by atoms with Crippen molar-refractivity contribution in [1.29, 1.82) is 0 Å². The molecule has 0 fully saturated rings. The van der Waals surface area contributed by atoms with Crippen molar-refractivity contribution in [2.24, 2.45) is 0 Å². The minimum absolute atomic E-state index is 0.0955. The fourth-order valence-corrected chi connectivity index (χ4v) is 3.03. The molecular formula is C13H14F3N3OS. The number of halogens is 3. The van der Waals surface area contributed by atoms with Crippen LogP contribution in [0.15, 0.2) is 6.07 Å². The van der Waals surface area contributed by atoms with Crippen LogP contribution in [0.5, 0.6) is 0 Å². The van der Waals surface area contributed by atoms with Crippen molar-refractivity contribution in [2.75, 3.05) is 5.73 Å². The number of carbonyl (C=O) groups excluding carboxylic acids is 1. The highest BCUT2D eigenvalue weighted by Gasteiger charge is 2.34. The maximum absolute atomic E-state index is 12.8. The van der Waals surface area contributed by atoms with Crippen LogP contribution in [0.3, 0.4) is 0 Å². The molecule has 2 rings (SSSR count). The van der Waals surface area contributed by atoms with Crippen LogP contribution in [-0.4, -0.2) is 16.9 Å². The summed E-state index contributed by atoms with van der Waals surface area (Å²) >= 11 is 0.870. The second kappa shape index (κ2) is 5.18. The van der Waals surface area contributed by atoms with Gasteiger partial charge in [-0.25, -0.2) is 4.98 Å². The Labute approximate surface area is 123 Å². The van der Waals surface area contributed by atoms with Gasteiger partial charge in [0, 0.05) is 11.4 Å². The minimum atomic E-state index is -4.53. The Morgan fingerprint density at radius 2 is 2.05 bits per heavy atom. The van der Waals surface area contributed by atoms with Gasteiger partial charge in [-0.3, -0.25) is 4.79 Å². The van der Waals surface area contributed by atoms with Gasteiger partial charge < -0.3 is 11.1 Å². The zero-order valence-electron chi connectivity index (χ0n) is 11.6. The summed E-state index contributed by atoms with van der Waals surface area (Å²) in [6.45, 7) is 5.09. The van der Waals surface area contributed by atoms with Crippen molar-refractivity contribution < 1.29 is 18.0 Å².